The number of aliphatic imine (C=N–C) groups is 1. The number of allylic oxidation sites excluding steroid dienone is 3. The first-order chi connectivity index (χ1) is 11.9. The van der Waals surface area contributed by atoms with Gasteiger partial charge in [0.15, 0.2) is 0 Å². The number of carbonyl (C=O) groups excluding carboxylic acids is 1. The first-order valence-corrected chi connectivity index (χ1v) is 9.48. The van der Waals surface area contributed by atoms with Crippen molar-refractivity contribution in [2.45, 2.75) is 92.7 Å². The van der Waals surface area contributed by atoms with Crippen LogP contribution in [0.15, 0.2) is 29.3 Å². The van der Waals surface area contributed by atoms with Crippen molar-refractivity contribution in [2.24, 2.45) is 10.4 Å². The second-order valence-electron chi connectivity index (χ2n) is 8.17. The molecule has 0 aliphatic rings. The highest BCUT2D eigenvalue weighted by Gasteiger charge is 2.22. The monoisotopic (exact) mass is 367 g/mol. The zero-order valence-corrected chi connectivity index (χ0v) is 17.8. The number of carbonyl (C=O) groups is 1. The fourth-order valence-electron chi connectivity index (χ4n) is 2.80. The van der Waals surface area contributed by atoms with Gasteiger partial charge in [0.1, 0.15) is 6.17 Å². The van der Waals surface area contributed by atoms with E-state index in [-0.39, 0.29) is 29.6 Å². The molecule has 0 heterocycles. The molecular formula is C21H38FN3O. The molecular weight excluding hydrogens is 329 g/mol. The molecule has 0 rings (SSSR count). The minimum absolute atomic E-state index is 0.00640. The Morgan fingerprint density at radius 2 is 1.85 bits per heavy atom. The Kier molecular flexibility index (Phi) is 10.6. The van der Waals surface area contributed by atoms with Crippen molar-refractivity contribution in [3.8, 4) is 0 Å². The van der Waals surface area contributed by atoms with Crippen LogP contribution >= 0.6 is 0 Å². The summed E-state index contributed by atoms with van der Waals surface area (Å²) in [6.07, 6.45) is 3.29. The standard InChI is InChI=1S/C21H38FN3O/c1-10-18(12-14(3)22)15(4)23-17(6)25-19(11-2)16(5)24-20(26)13-21(7,8)9/h10,12,14,16-17,19,25H,1,11,13H2,2-9H3,(H,24,26)/b18-12-,23-15?. The highest BCUT2D eigenvalue weighted by atomic mass is 19.1. The van der Waals surface area contributed by atoms with E-state index in [1.165, 1.54) is 13.0 Å². The molecule has 0 saturated carbocycles. The van der Waals surface area contributed by atoms with Gasteiger partial charge in [-0.25, -0.2) is 4.39 Å². The fourth-order valence-corrected chi connectivity index (χ4v) is 2.80. The van der Waals surface area contributed by atoms with E-state index in [1.807, 2.05) is 20.8 Å². The number of halogens is 1. The molecule has 0 bridgehead atoms. The summed E-state index contributed by atoms with van der Waals surface area (Å²) in [6.45, 7) is 19.2. The number of amides is 1. The van der Waals surface area contributed by atoms with Gasteiger partial charge in [-0.15, -0.1) is 0 Å². The lowest BCUT2D eigenvalue weighted by Crippen LogP contribution is -2.50. The molecule has 0 aliphatic carbocycles. The number of nitrogens with zero attached hydrogens (tertiary/aromatic N) is 1. The van der Waals surface area contributed by atoms with Crippen LogP contribution in [0.1, 0.15) is 68.2 Å². The lowest BCUT2D eigenvalue weighted by molar-refractivity contribution is -0.123. The van der Waals surface area contributed by atoms with Gasteiger partial charge >= 0.3 is 0 Å². The van der Waals surface area contributed by atoms with E-state index in [1.54, 1.807) is 6.08 Å². The molecule has 0 aromatic carbocycles. The summed E-state index contributed by atoms with van der Waals surface area (Å²) in [4.78, 5) is 16.8. The highest BCUT2D eigenvalue weighted by molar-refractivity contribution is 6.00. The van der Waals surface area contributed by atoms with Crippen LogP contribution in [-0.2, 0) is 4.79 Å². The van der Waals surface area contributed by atoms with Gasteiger partial charge in [-0.1, -0.05) is 40.3 Å². The van der Waals surface area contributed by atoms with E-state index >= 15 is 0 Å². The number of rotatable bonds is 10. The maximum atomic E-state index is 13.2. The van der Waals surface area contributed by atoms with Gasteiger partial charge in [0.25, 0.3) is 0 Å². The zero-order valence-electron chi connectivity index (χ0n) is 17.8. The Bertz CT molecular complexity index is 518. The van der Waals surface area contributed by atoms with Crippen molar-refractivity contribution in [3.05, 3.63) is 24.3 Å². The van der Waals surface area contributed by atoms with Crippen LogP contribution in [0.5, 0.6) is 0 Å². The van der Waals surface area contributed by atoms with Crippen LogP contribution < -0.4 is 10.6 Å². The number of alkyl halides is 1. The number of nitrogens with one attached hydrogen (secondary N) is 2. The summed E-state index contributed by atoms with van der Waals surface area (Å²) < 4.78 is 13.2. The molecule has 2 N–H and O–H groups in total. The molecule has 5 heteroatoms. The van der Waals surface area contributed by atoms with E-state index in [2.05, 4.69) is 49.9 Å². The van der Waals surface area contributed by atoms with Gasteiger partial charge in [-0.2, -0.15) is 0 Å². The first-order valence-electron chi connectivity index (χ1n) is 9.48. The molecule has 0 aromatic heterocycles. The maximum Gasteiger partial charge on any atom is 0.220 e. The third-order valence-corrected chi connectivity index (χ3v) is 4.01. The topological polar surface area (TPSA) is 53.5 Å². The van der Waals surface area contributed by atoms with Gasteiger partial charge in [0.05, 0.1) is 6.17 Å². The average molecular weight is 368 g/mol. The van der Waals surface area contributed by atoms with Crippen molar-refractivity contribution < 1.29 is 9.18 Å². The third kappa shape index (κ3) is 10.5. The fraction of sp³-hybridized carbons (Fsp3) is 0.714. The van der Waals surface area contributed by atoms with Crippen LogP contribution in [0.2, 0.25) is 0 Å². The zero-order chi connectivity index (χ0) is 20.5. The van der Waals surface area contributed by atoms with Crippen molar-refractivity contribution in [3.63, 3.8) is 0 Å². The second kappa shape index (κ2) is 11.3. The van der Waals surface area contributed by atoms with Crippen LogP contribution in [0, 0.1) is 5.41 Å². The molecule has 150 valence electrons. The SMILES string of the molecule is C=C/C(=C/C(C)F)C(C)=NC(C)NC(CC)C(C)NC(=O)CC(C)(C)C. The maximum absolute atomic E-state index is 13.2. The Balaban J connectivity index is 4.91. The molecule has 4 atom stereocenters. The summed E-state index contributed by atoms with van der Waals surface area (Å²) in [7, 11) is 0. The third-order valence-electron chi connectivity index (χ3n) is 4.01. The Labute approximate surface area is 159 Å². The van der Waals surface area contributed by atoms with Gasteiger partial charge in [0.2, 0.25) is 5.91 Å². The van der Waals surface area contributed by atoms with Crippen LogP contribution in [0.4, 0.5) is 4.39 Å². The van der Waals surface area contributed by atoms with Crippen molar-refractivity contribution in [2.75, 3.05) is 0 Å². The van der Waals surface area contributed by atoms with Crippen molar-refractivity contribution >= 4 is 11.6 Å². The molecule has 26 heavy (non-hydrogen) atoms. The Hall–Kier alpha value is -1.49. The minimum Gasteiger partial charge on any atom is -0.352 e. The summed E-state index contributed by atoms with van der Waals surface area (Å²) in [5, 5.41) is 6.52. The van der Waals surface area contributed by atoms with Crippen LogP contribution in [0.3, 0.4) is 0 Å². The molecule has 0 aromatic rings. The van der Waals surface area contributed by atoms with Gasteiger partial charge in [-0.3, -0.25) is 15.1 Å². The largest absolute Gasteiger partial charge is 0.352 e. The average Bonchev–Trinajstić information content (AvgIpc) is 2.47. The number of hydrogen-bond acceptors (Lipinski definition) is 3. The molecule has 1 amide bonds. The van der Waals surface area contributed by atoms with E-state index < -0.39 is 6.17 Å². The summed E-state index contributed by atoms with van der Waals surface area (Å²) >= 11 is 0. The molecule has 4 nitrogen and oxygen atoms in total. The molecule has 0 saturated heterocycles. The normalized spacial score (nSPS) is 18.0. The predicted molar refractivity (Wildman–Crippen MR) is 110 cm³/mol. The van der Waals surface area contributed by atoms with Gasteiger partial charge in [0, 0.05) is 24.2 Å². The molecule has 0 spiro atoms. The van der Waals surface area contributed by atoms with Crippen molar-refractivity contribution in [1.29, 1.82) is 0 Å². The second-order valence-corrected chi connectivity index (χ2v) is 8.17. The molecule has 0 fully saturated rings. The van der Waals surface area contributed by atoms with E-state index in [9.17, 15) is 9.18 Å². The van der Waals surface area contributed by atoms with Crippen LogP contribution in [0.25, 0.3) is 0 Å². The lowest BCUT2D eigenvalue weighted by Gasteiger charge is -2.28. The van der Waals surface area contributed by atoms with E-state index in [0.29, 0.717) is 12.0 Å². The Morgan fingerprint density at radius 3 is 2.27 bits per heavy atom. The molecule has 0 aliphatic heterocycles. The lowest BCUT2D eigenvalue weighted by atomic mass is 9.91. The van der Waals surface area contributed by atoms with E-state index in [0.717, 1.165) is 12.1 Å². The highest BCUT2D eigenvalue weighted by Crippen LogP contribution is 2.18. The smallest absolute Gasteiger partial charge is 0.220 e. The summed E-state index contributed by atoms with van der Waals surface area (Å²) in [5.74, 6) is 0.0615. The van der Waals surface area contributed by atoms with Gasteiger partial charge < -0.3 is 5.32 Å². The molecule has 0 radical (unpaired) electrons. The summed E-state index contributed by atoms with van der Waals surface area (Å²) in [5.41, 5.74) is 1.41. The Morgan fingerprint density at radius 1 is 1.27 bits per heavy atom. The molecule has 4 unspecified atom stereocenters. The van der Waals surface area contributed by atoms with Crippen molar-refractivity contribution in [1.82, 2.24) is 10.6 Å². The summed E-state index contributed by atoms with van der Waals surface area (Å²) in [6, 6.07) is 0.0924. The minimum atomic E-state index is -1.04. The van der Waals surface area contributed by atoms with Gasteiger partial charge in [-0.05, 0) is 51.2 Å². The van der Waals surface area contributed by atoms with Crippen LogP contribution in [-0.4, -0.2) is 36.0 Å². The van der Waals surface area contributed by atoms with E-state index in [4.69, 9.17) is 0 Å². The predicted octanol–water partition coefficient (Wildman–Crippen LogP) is 4.57. The quantitative estimate of drug-likeness (QED) is 0.439. The number of hydrogen-bond donors (Lipinski definition) is 2. The first kappa shape index (κ1) is 24.5.